The van der Waals surface area contributed by atoms with Gasteiger partial charge >= 0.3 is 0 Å². The maximum atomic E-state index is 9.24. The number of benzene rings is 1. The van der Waals surface area contributed by atoms with Gasteiger partial charge in [0.2, 0.25) is 0 Å². The molecule has 1 aromatic heterocycles. The molecular weight excluding hydrogens is 238 g/mol. The molecule has 2 rings (SSSR count). The maximum absolute atomic E-state index is 9.24. The van der Waals surface area contributed by atoms with E-state index in [1.165, 1.54) is 11.3 Å². The van der Waals surface area contributed by atoms with Gasteiger partial charge in [-0.05, 0) is 23.8 Å². The minimum absolute atomic E-state index is 0.0183. The normalized spacial score (nSPS) is 10.3. The Kier molecular flexibility index (Phi) is 4.36. The lowest BCUT2D eigenvalue weighted by Crippen LogP contribution is -2.08. The van der Waals surface area contributed by atoms with Crippen LogP contribution in [0, 0.1) is 0 Å². The van der Waals surface area contributed by atoms with Crippen molar-refractivity contribution in [1.82, 2.24) is 4.98 Å². The fourth-order valence-electron chi connectivity index (χ4n) is 1.83. The van der Waals surface area contributed by atoms with Crippen molar-refractivity contribution in [1.29, 1.82) is 0 Å². The van der Waals surface area contributed by atoms with E-state index in [9.17, 15) is 5.11 Å². The summed E-state index contributed by atoms with van der Waals surface area (Å²) in [5.74, 6) is 0. The topological polar surface area (TPSA) is 48.4 Å². The van der Waals surface area contributed by atoms with Gasteiger partial charge in [0.1, 0.15) is 0 Å². The minimum Gasteiger partial charge on any atom is -0.392 e. The van der Waals surface area contributed by atoms with E-state index in [1.807, 2.05) is 20.2 Å². The van der Waals surface area contributed by atoms with Gasteiger partial charge in [0.15, 0.2) is 0 Å². The van der Waals surface area contributed by atoms with Crippen molar-refractivity contribution in [2.75, 3.05) is 24.3 Å². The van der Waals surface area contributed by atoms with Crippen molar-refractivity contribution < 1.29 is 5.11 Å². The van der Waals surface area contributed by atoms with Crippen LogP contribution in [0.15, 0.2) is 42.7 Å². The van der Waals surface area contributed by atoms with E-state index in [4.69, 9.17) is 0 Å². The number of aliphatic hydroxyl groups excluding tert-OH is 1. The summed E-state index contributed by atoms with van der Waals surface area (Å²) in [7, 11) is 4.05. The highest BCUT2D eigenvalue weighted by Gasteiger charge is 2.01. The van der Waals surface area contributed by atoms with Gasteiger partial charge in [0, 0.05) is 38.1 Å². The molecule has 0 aliphatic rings. The molecule has 0 spiro atoms. The van der Waals surface area contributed by atoms with Crippen LogP contribution in [0.25, 0.3) is 0 Å². The van der Waals surface area contributed by atoms with Crippen LogP contribution in [0.5, 0.6) is 0 Å². The van der Waals surface area contributed by atoms with Crippen LogP contribution in [0.1, 0.15) is 11.1 Å². The van der Waals surface area contributed by atoms with Gasteiger partial charge in [-0.2, -0.15) is 0 Å². The number of nitrogens with zero attached hydrogens (tertiary/aromatic N) is 2. The molecule has 4 heteroatoms. The molecular formula is C15H19N3O. The molecule has 2 N–H and O–H groups in total. The average Bonchev–Trinajstić information content (AvgIpc) is 2.45. The van der Waals surface area contributed by atoms with E-state index in [0.29, 0.717) is 6.54 Å². The summed E-state index contributed by atoms with van der Waals surface area (Å²) in [6.45, 7) is 0.733. The lowest BCUT2D eigenvalue weighted by atomic mass is 10.2. The van der Waals surface area contributed by atoms with Gasteiger partial charge in [0.25, 0.3) is 0 Å². The van der Waals surface area contributed by atoms with Gasteiger partial charge in [-0.3, -0.25) is 4.98 Å². The van der Waals surface area contributed by atoms with Crippen LogP contribution < -0.4 is 10.2 Å². The lowest BCUT2D eigenvalue weighted by molar-refractivity contribution is 0.282. The number of nitrogens with one attached hydrogen (secondary N) is 1. The molecule has 0 radical (unpaired) electrons. The fourth-order valence-corrected chi connectivity index (χ4v) is 1.83. The Morgan fingerprint density at radius 3 is 2.53 bits per heavy atom. The zero-order valence-corrected chi connectivity index (χ0v) is 11.3. The maximum Gasteiger partial charge on any atom is 0.0703 e. The van der Waals surface area contributed by atoms with Crippen LogP contribution in [-0.2, 0) is 13.2 Å². The van der Waals surface area contributed by atoms with Crippen molar-refractivity contribution in [3.05, 3.63) is 53.9 Å². The van der Waals surface area contributed by atoms with Gasteiger partial charge in [-0.15, -0.1) is 0 Å². The zero-order chi connectivity index (χ0) is 13.7. The largest absolute Gasteiger partial charge is 0.392 e. The van der Waals surface area contributed by atoms with Crippen molar-refractivity contribution in [2.45, 2.75) is 13.2 Å². The van der Waals surface area contributed by atoms with Crippen LogP contribution >= 0.6 is 0 Å². The Hall–Kier alpha value is -2.07. The van der Waals surface area contributed by atoms with Crippen molar-refractivity contribution in [3.63, 3.8) is 0 Å². The molecule has 1 heterocycles. The van der Waals surface area contributed by atoms with Crippen LogP contribution in [0.2, 0.25) is 0 Å². The number of aliphatic hydroxyl groups is 1. The number of aromatic nitrogens is 1. The number of pyridine rings is 1. The monoisotopic (exact) mass is 257 g/mol. The number of rotatable bonds is 5. The summed E-state index contributed by atoms with van der Waals surface area (Å²) in [5, 5.41) is 12.5. The van der Waals surface area contributed by atoms with E-state index in [-0.39, 0.29) is 6.61 Å². The van der Waals surface area contributed by atoms with Gasteiger partial charge in [-0.25, -0.2) is 0 Å². The minimum atomic E-state index is 0.0183. The van der Waals surface area contributed by atoms with E-state index in [2.05, 4.69) is 39.5 Å². The standard InChI is InChI=1S/C15H19N3O/c1-18(2)14-5-3-12(4-6-14)9-17-15-10-16-8-7-13(15)11-19/h3-8,10,17,19H,9,11H2,1-2H3. The van der Waals surface area contributed by atoms with Crippen LogP contribution in [0.3, 0.4) is 0 Å². The summed E-state index contributed by atoms with van der Waals surface area (Å²) in [4.78, 5) is 6.13. The Labute approximate surface area is 113 Å². The SMILES string of the molecule is CN(C)c1ccc(CNc2cnccc2CO)cc1. The predicted molar refractivity (Wildman–Crippen MR) is 78.3 cm³/mol. The van der Waals surface area contributed by atoms with Crippen LogP contribution in [0.4, 0.5) is 11.4 Å². The molecule has 0 bridgehead atoms. The second-order valence-electron chi connectivity index (χ2n) is 4.61. The molecule has 0 amide bonds. The second-order valence-corrected chi connectivity index (χ2v) is 4.61. The highest BCUT2D eigenvalue weighted by atomic mass is 16.3. The predicted octanol–water partition coefficient (Wildman–Crippen LogP) is 2.25. The Morgan fingerprint density at radius 2 is 1.89 bits per heavy atom. The van der Waals surface area contributed by atoms with E-state index >= 15 is 0 Å². The van der Waals surface area contributed by atoms with Crippen molar-refractivity contribution in [3.8, 4) is 0 Å². The van der Waals surface area contributed by atoms with Gasteiger partial charge in [0.05, 0.1) is 18.5 Å². The third kappa shape index (κ3) is 3.45. The first-order valence-electron chi connectivity index (χ1n) is 6.24. The summed E-state index contributed by atoms with van der Waals surface area (Å²) < 4.78 is 0. The van der Waals surface area contributed by atoms with E-state index in [0.717, 1.165) is 11.3 Å². The molecule has 0 aliphatic carbocycles. The first-order chi connectivity index (χ1) is 9.20. The zero-order valence-electron chi connectivity index (χ0n) is 11.3. The third-order valence-electron chi connectivity index (χ3n) is 3.02. The molecule has 0 fully saturated rings. The number of anilines is 2. The van der Waals surface area contributed by atoms with E-state index < -0.39 is 0 Å². The van der Waals surface area contributed by atoms with Crippen LogP contribution in [-0.4, -0.2) is 24.2 Å². The Bertz CT molecular complexity index is 523. The summed E-state index contributed by atoms with van der Waals surface area (Å²) >= 11 is 0. The highest BCUT2D eigenvalue weighted by Crippen LogP contribution is 2.16. The van der Waals surface area contributed by atoms with Gasteiger partial charge in [-0.1, -0.05) is 12.1 Å². The first kappa shape index (κ1) is 13.4. The smallest absolute Gasteiger partial charge is 0.0703 e. The second kappa shape index (κ2) is 6.20. The summed E-state index contributed by atoms with van der Waals surface area (Å²) in [6.07, 6.45) is 3.42. The van der Waals surface area contributed by atoms with Crippen molar-refractivity contribution >= 4 is 11.4 Å². The highest BCUT2D eigenvalue weighted by molar-refractivity contribution is 5.50. The lowest BCUT2D eigenvalue weighted by Gasteiger charge is -2.13. The van der Waals surface area contributed by atoms with Crippen molar-refractivity contribution in [2.24, 2.45) is 0 Å². The molecule has 0 unspecified atom stereocenters. The Morgan fingerprint density at radius 1 is 1.16 bits per heavy atom. The third-order valence-corrected chi connectivity index (χ3v) is 3.02. The molecule has 0 saturated heterocycles. The molecule has 1 aromatic carbocycles. The Balaban J connectivity index is 2.02. The molecule has 19 heavy (non-hydrogen) atoms. The number of hydrogen-bond acceptors (Lipinski definition) is 4. The van der Waals surface area contributed by atoms with Gasteiger partial charge < -0.3 is 15.3 Å². The quantitative estimate of drug-likeness (QED) is 0.862. The summed E-state index contributed by atoms with van der Waals surface area (Å²) in [6, 6.07) is 10.2. The molecule has 100 valence electrons. The molecule has 2 aromatic rings. The molecule has 0 atom stereocenters. The molecule has 0 aliphatic heterocycles. The first-order valence-corrected chi connectivity index (χ1v) is 6.24. The average molecular weight is 257 g/mol. The molecule has 0 saturated carbocycles. The summed E-state index contributed by atoms with van der Waals surface area (Å²) in [5.41, 5.74) is 4.11. The van der Waals surface area contributed by atoms with E-state index in [1.54, 1.807) is 12.4 Å². The number of hydrogen-bond donors (Lipinski definition) is 2. The molecule has 4 nitrogen and oxygen atoms in total. The fraction of sp³-hybridized carbons (Fsp3) is 0.267.